The fourth-order valence-electron chi connectivity index (χ4n) is 3.57. The van der Waals surface area contributed by atoms with Crippen LogP contribution in [0.3, 0.4) is 0 Å². The first kappa shape index (κ1) is 22.5. The Morgan fingerprint density at radius 1 is 1.19 bits per heavy atom. The molecule has 4 rings (SSSR count). The molecule has 0 saturated carbocycles. The summed E-state index contributed by atoms with van der Waals surface area (Å²) in [6.07, 6.45) is 1.10. The maximum atomic E-state index is 13.3. The maximum Gasteiger partial charge on any atom is 0.274 e. The topological polar surface area (TPSA) is 85.8 Å². The van der Waals surface area contributed by atoms with Gasteiger partial charge in [0.1, 0.15) is 17.7 Å². The molecule has 3 aromatic rings. The van der Waals surface area contributed by atoms with Crippen LogP contribution in [-0.4, -0.2) is 56.3 Å². The number of aromatic nitrogens is 1. The highest BCUT2D eigenvalue weighted by Crippen LogP contribution is 2.30. The number of hydrogen-bond donors (Lipinski definition) is 0. The van der Waals surface area contributed by atoms with Crippen LogP contribution in [0, 0.1) is 5.82 Å². The summed E-state index contributed by atoms with van der Waals surface area (Å²) in [4.78, 5) is 18.8. The van der Waals surface area contributed by atoms with Crippen LogP contribution < -0.4 is 9.47 Å². The van der Waals surface area contributed by atoms with Crippen molar-refractivity contribution < 1.29 is 27.1 Å². The molecule has 170 valence electrons. The first-order valence-electron chi connectivity index (χ1n) is 10.2. The van der Waals surface area contributed by atoms with Crippen molar-refractivity contribution >= 4 is 37.3 Å². The van der Waals surface area contributed by atoms with Crippen molar-refractivity contribution in [2.45, 2.75) is 30.3 Å². The van der Waals surface area contributed by atoms with Crippen molar-refractivity contribution in [3.05, 3.63) is 48.3 Å². The molecule has 1 aliphatic rings. The summed E-state index contributed by atoms with van der Waals surface area (Å²) in [6, 6.07) is 10.6. The number of methoxy groups -OCH3 is 1. The smallest absolute Gasteiger partial charge is 0.274 e. The van der Waals surface area contributed by atoms with Crippen molar-refractivity contribution in [1.82, 2.24) is 9.88 Å². The molecule has 32 heavy (non-hydrogen) atoms. The average molecular weight is 479 g/mol. The third-order valence-corrected chi connectivity index (χ3v) is 8.04. The fraction of sp³-hybridized carbons (Fsp3) is 0.364. The number of halogens is 1. The molecule has 2 heterocycles. The van der Waals surface area contributed by atoms with Crippen LogP contribution in [0.4, 0.5) is 4.39 Å². The van der Waals surface area contributed by atoms with E-state index in [9.17, 15) is 17.6 Å². The zero-order valence-electron chi connectivity index (χ0n) is 17.5. The molecule has 1 fully saturated rings. The van der Waals surface area contributed by atoms with E-state index in [2.05, 4.69) is 4.98 Å². The van der Waals surface area contributed by atoms with Crippen LogP contribution in [0.15, 0.2) is 47.4 Å². The van der Waals surface area contributed by atoms with E-state index in [1.807, 2.05) is 0 Å². The SMILES string of the molecule is COc1ccc(S(=O)(=O)CCC(=O)N2CCC(Oc3nc4ccc(F)cc4s3)CC2)cc1. The summed E-state index contributed by atoms with van der Waals surface area (Å²) in [6.45, 7) is 0.983. The molecule has 10 heteroatoms. The summed E-state index contributed by atoms with van der Waals surface area (Å²) in [5.41, 5.74) is 0.692. The van der Waals surface area contributed by atoms with Gasteiger partial charge in [0.15, 0.2) is 9.84 Å². The Hall–Kier alpha value is -2.72. The molecular formula is C22H23FN2O5S2. The van der Waals surface area contributed by atoms with E-state index in [-0.39, 0.29) is 34.9 Å². The highest BCUT2D eigenvalue weighted by molar-refractivity contribution is 7.91. The third kappa shape index (κ3) is 5.18. The van der Waals surface area contributed by atoms with Crippen molar-refractivity contribution in [2.24, 2.45) is 0 Å². The molecule has 0 unspecified atom stereocenters. The molecule has 1 aliphatic heterocycles. The first-order valence-corrected chi connectivity index (χ1v) is 12.7. The Balaban J connectivity index is 1.27. The second kappa shape index (κ2) is 9.41. The minimum atomic E-state index is -3.55. The number of carbonyl (C=O) groups excluding carboxylic acids is 1. The van der Waals surface area contributed by atoms with E-state index >= 15 is 0 Å². The van der Waals surface area contributed by atoms with Gasteiger partial charge in [-0.15, -0.1) is 0 Å². The van der Waals surface area contributed by atoms with Crippen molar-refractivity contribution in [3.63, 3.8) is 0 Å². The van der Waals surface area contributed by atoms with Gasteiger partial charge in [0.25, 0.3) is 5.19 Å². The molecule has 0 bridgehead atoms. The zero-order chi connectivity index (χ0) is 22.7. The Bertz CT molecular complexity index is 1200. The van der Waals surface area contributed by atoms with Gasteiger partial charge in [-0.2, -0.15) is 0 Å². The number of sulfone groups is 1. The van der Waals surface area contributed by atoms with Crippen molar-refractivity contribution in [3.8, 4) is 10.9 Å². The standard InChI is InChI=1S/C22H23FN2O5S2/c1-29-16-3-5-18(6-4-16)32(27,28)13-10-21(26)25-11-8-17(9-12-25)30-22-24-19-7-2-15(23)14-20(19)31-22/h2-7,14,17H,8-13H2,1H3. The molecule has 7 nitrogen and oxygen atoms in total. The fourth-order valence-corrected chi connectivity index (χ4v) is 5.71. The molecule has 0 atom stereocenters. The molecule has 0 spiro atoms. The van der Waals surface area contributed by atoms with E-state index in [1.54, 1.807) is 23.1 Å². The molecule has 0 radical (unpaired) electrons. The number of fused-ring (bicyclic) bond motifs is 1. The number of hydrogen-bond acceptors (Lipinski definition) is 7. The number of ether oxygens (including phenoxy) is 2. The number of nitrogens with zero attached hydrogens (tertiary/aromatic N) is 2. The average Bonchev–Trinajstić information content (AvgIpc) is 3.19. The van der Waals surface area contributed by atoms with Crippen molar-refractivity contribution in [2.75, 3.05) is 26.0 Å². The second-order valence-electron chi connectivity index (χ2n) is 7.53. The highest BCUT2D eigenvalue weighted by atomic mass is 32.2. The number of likely N-dealkylation sites (tertiary alicyclic amines) is 1. The van der Waals surface area contributed by atoms with Crippen LogP contribution in [0.5, 0.6) is 10.9 Å². The van der Waals surface area contributed by atoms with Gasteiger partial charge >= 0.3 is 0 Å². The van der Waals surface area contributed by atoms with E-state index in [0.717, 1.165) is 4.70 Å². The van der Waals surface area contributed by atoms with Gasteiger partial charge in [0.05, 0.1) is 28.0 Å². The van der Waals surface area contributed by atoms with Crippen LogP contribution in [0.1, 0.15) is 19.3 Å². The van der Waals surface area contributed by atoms with Gasteiger partial charge in [-0.1, -0.05) is 11.3 Å². The summed E-state index contributed by atoms with van der Waals surface area (Å²) in [7, 11) is -2.04. The number of rotatable bonds is 7. The lowest BCUT2D eigenvalue weighted by atomic mass is 10.1. The van der Waals surface area contributed by atoms with Gasteiger partial charge in [-0.25, -0.2) is 17.8 Å². The van der Waals surface area contributed by atoms with Crippen LogP contribution >= 0.6 is 11.3 Å². The van der Waals surface area contributed by atoms with E-state index in [4.69, 9.17) is 9.47 Å². The molecule has 2 aromatic carbocycles. The van der Waals surface area contributed by atoms with Crippen LogP contribution in [-0.2, 0) is 14.6 Å². The quantitative estimate of drug-likeness (QED) is 0.515. The number of carbonyl (C=O) groups is 1. The zero-order valence-corrected chi connectivity index (χ0v) is 19.1. The Morgan fingerprint density at radius 2 is 1.91 bits per heavy atom. The Morgan fingerprint density at radius 3 is 2.59 bits per heavy atom. The minimum absolute atomic E-state index is 0.0662. The largest absolute Gasteiger partial charge is 0.497 e. The van der Waals surface area contributed by atoms with Gasteiger partial charge in [-0.05, 0) is 42.5 Å². The highest BCUT2D eigenvalue weighted by Gasteiger charge is 2.26. The van der Waals surface area contributed by atoms with E-state index < -0.39 is 9.84 Å². The normalized spacial score (nSPS) is 15.1. The molecular weight excluding hydrogens is 455 g/mol. The summed E-state index contributed by atoms with van der Waals surface area (Å²) >= 11 is 1.29. The first-order chi connectivity index (χ1) is 15.3. The predicted octanol–water partition coefficient (Wildman–Crippen LogP) is 3.68. The lowest BCUT2D eigenvalue weighted by molar-refractivity contribution is -0.132. The lowest BCUT2D eigenvalue weighted by Gasteiger charge is -2.31. The number of benzene rings is 2. The molecule has 0 N–H and O–H groups in total. The molecule has 1 saturated heterocycles. The summed E-state index contributed by atoms with van der Waals surface area (Å²) < 4.78 is 50.1. The van der Waals surface area contributed by atoms with Gasteiger partial charge < -0.3 is 14.4 Å². The van der Waals surface area contributed by atoms with Crippen LogP contribution in [0.25, 0.3) is 10.2 Å². The van der Waals surface area contributed by atoms with Crippen molar-refractivity contribution in [1.29, 1.82) is 0 Å². The molecule has 1 amide bonds. The second-order valence-corrected chi connectivity index (χ2v) is 10.6. The lowest BCUT2D eigenvalue weighted by Crippen LogP contribution is -2.42. The Kier molecular flexibility index (Phi) is 6.61. The number of thiazole rings is 1. The van der Waals surface area contributed by atoms with Gasteiger partial charge in [-0.3, -0.25) is 4.79 Å². The third-order valence-electron chi connectivity index (χ3n) is 5.40. The van der Waals surface area contributed by atoms with Gasteiger partial charge in [0, 0.05) is 32.4 Å². The van der Waals surface area contributed by atoms with E-state index in [1.165, 1.54) is 42.7 Å². The summed E-state index contributed by atoms with van der Waals surface area (Å²) in [5, 5.41) is 0.487. The maximum absolute atomic E-state index is 13.3. The summed E-state index contributed by atoms with van der Waals surface area (Å²) in [5.74, 6) is -0.163. The molecule has 0 aliphatic carbocycles. The van der Waals surface area contributed by atoms with Crippen LogP contribution in [0.2, 0.25) is 0 Å². The number of amides is 1. The monoisotopic (exact) mass is 478 g/mol. The van der Waals surface area contributed by atoms with E-state index in [0.29, 0.717) is 42.4 Å². The molecule has 1 aromatic heterocycles. The number of piperidine rings is 1. The predicted molar refractivity (Wildman–Crippen MR) is 119 cm³/mol. The van der Waals surface area contributed by atoms with Gasteiger partial charge in [0.2, 0.25) is 5.91 Å². The Labute approximate surface area is 189 Å². The minimum Gasteiger partial charge on any atom is -0.497 e.